The number of benzene rings is 1. The fourth-order valence-corrected chi connectivity index (χ4v) is 4.19. The zero-order valence-electron chi connectivity index (χ0n) is 12.8. The number of amides is 2. The van der Waals surface area contributed by atoms with Gasteiger partial charge >= 0.3 is 0 Å². The number of hydrogen-bond donors (Lipinski definition) is 0. The van der Waals surface area contributed by atoms with Crippen molar-refractivity contribution in [3.8, 4) is 0 Å². The van der Waals surface area contributed by atoms with Crippen LogP contribution in [0, 0.1) is 11.8 Å². The van der Waals surface area contributed by atoms with E-state index in [1.54, 1.807) is 24.3 Å². The van der Waals surface area contributed by atoms with E-state index in [2.05, 4.69) is 17.1 Å². The lowest BCUT2D eigenvalue weighted by molar-refractivity contribution is -0.122. The van der Waals surface area contributed by atoms with Crippen LogP contribution in [-0.2, 0) is 9.59 Å². The molecule has 0 aromatic heterocycles. The zero-order chi connectivity index (χ0) is 16.0. The summed E-state index contributed by atoms with van der Waals surface area (Å²) in [5.74, 6) is 1.05. The van der Waals surface area contributed by atoms with Gasteiger partial charge in [0.25, 0.3) is 5.91 Å². The predicted molar refractivity (Wildman–Crippen MR) is 89.3 cm³/mol. The van der Waals surface area contributed by atoms with E-state index in [0.29, 0.717) is 22.5 Å². The maximum absolute atomic E-state index is 12.8. The Labute approximate surface area is 140 Å². The van der Waals surface area contributed by atoms with Crippen molar-refractivity contribution in [1.29, 1.82) is 0 Å². The molecule has 0 saturated carbocycles. The second kappa shape index (κ2) is 5.77. The quantitative estimate of drug-likeness (QED) is 0.618. The first-order chi connectivity index (χ1) is 11.1. The van der Waals surface area contributed by atoms with Crippen molar-refractivity contribution in [3.63, 3.8) is 0 Å². The highest BCUT2D eigenvalue weighted by Crippen LogP contribution is 2.36. The van der Waals surface area contributed by atoms with E-state index in [-0.39, 0.29) is 24.3 Å². The number of carbonyl (C=O) groups is 2. The first-order valence-corrected chi connectivity index (χ1v) is 8.52. The van der Waals surface area contributed by atoms with Crippen molar-refractivity contribution in [1.82, 2.24) is 4.90 Å². The molecule has 1 aromatic carbocycles. The minimum atomic E-state index is -0.302. The Hall–Kier alpha value is -1.65. The van der Waals surface area contributed by atoms with Crippen LogP contribution in [0.25, 0.3) is 0 Å². The summed E-state index contributed by atoms with van der Waals surface area (Å²) in [4.78, 5) is 28.7. The smallest absolute Gasteiger partial charge is 0.251 e. The lowest BCUT2D eigenvalue weighted by atomic mass is 9.86. The minimum Gasteiger partial charge on any atom is -0.291 e. The van der Waals surface area contributed by atoms with E-state index in [0.717, 1.165) is 25.9 Å². The van der Waals surface area contributed by atoms with Crippen LogP contribution in [0.4, 0.5) is 5.69 Å². The van der Waals surface area contributed by atoms with Gasteiger partial charge in [-0.3, -0.25) is 14.5 Å². The second-order valence-corrected chi connectivity index (χ2v) is 7.12. The van der Waals surface area contributed by atoms with Crippen LogP contribution in [-0.4, -0.2) is 35.8 Å². The molecular weight excluding hydrogens is 312 g/mol. The van der Waals surface area contributed by atoms with Gasteiger partial charge in [-0.25, -0.2) is 4.90 Å². The van der Waals surface area contributed by atoms with Gasteiger partial charge in [0, 0.05) is 18.1 Å². The molecule has 3 aliphatic rings. The van der Waals surface area contributed by atoms with Crippen molar-refractivity contribution >= 4 is 29.1 Å². The molecule has 0 radical (unpaired) electrons. The third kappa shape index (κ3) is 2.60. The average Bonchev–Trinajstić information content (AvgIpc) is 3.09. The van der Waals surface area contributed by atoms with Gasteiger partial charge in [0.15, 0.2) is 0 Å². The first kappa shape index (κ1) is 14.9. The lowest BCUT2D eigenvalue weighted by Crippen LogP contribution is -2.41. The van der Waals surface area contributed by atoms with Gasteiger partial charge in [0.05, 0.1) is 18.2 Å². The molecule has 1 aromatic rings. The van der Waals surface area contributed by atoms with E-state index >= 15 is 0 Å². The molecule has 2 fully saturated rings. The maximum Gasteiger partial charge on any atom is 0.251 e. The monoisotopic (exact) mass is 330 g/mol. The third-order valence-electron chi connectivity index (χ3n) is 5.30. The van der Waals surface area contributed by atoms with Gasteiger partial charge in [0.2, 0.25) is 5.91 Å². The summed E-state index contributed by atoms with van der Waals surface area (Å²) in [6, 6.07) is 6.58. The van der Waals surface area contributed by atoms with Crippen LogP contribution in [0.2, 0.25) is 5.02 Å². The Morgan fingerprint density at radius 2 is 1.57 bits per heavy atom. The van der Waals surface area contributed by atoms with E-state index < -0.39 is 0 Å². The summed E-state index contributed by atoms with van der Waals surface area (Å²) in [7, 11) is 0. The van der Waals surface area contributed by atoms with Crippen LogP contribution >= 0.6 is 11.6 Å². The third-order valence-corrected chi connectivity index (χ3v) is 5.55. The largest absolute Gasteiger partial charge is 0.291 e. The van der Waals surface area contributed by atoms with Gasteiger partial charge in [0.1, 0.15) is 0 Å². The topological polar surface area (TPSA) is 40.6 Å². The van der Waals surface area contributed by atoms with Gasteiger partial charge in [-0.05, 0) is 48.9 Å². The SMILES string of the molecule is O=C1CC(N2CC3CC=CCC3C2)C(=O)N1c1ccc(Cl)cc1. The van der Waals surface area contributed by atoms with Crippen molar-refractivity contribution in [2.45, 2.75) is 25.3 Å². The molecular formula is C18H19ClN2O2. The number of imide groups is 1. The van der Waals surface area contributed by atoms with Crippen molar-refractivity contribution in [3.05, 3.63) is 41.4 Å². The van der Waals surface area contributed by atoms with Crippen LogP contribution < -0.4 is 4.90 Å². The molecule has 4 nitrogen and oxygen atoms in total. The molecule has 0 N–H and O–H groups in total. The van der Waals surface area contributed by atoms with Crippen LogP contribution in [0.1, 0.15) is 19.3 Å². The summed E-state index contributed by atoms with van der Waals surface area (Å²) in [5.41, 5.74) is 0.616. The summed E-state index contributed by atoms with van der Waals surface area (Å²) in [5, 5.41) is 0.598. The Morgan fingerprint density at radius 1 is 0.957 bits per heavy atom. The predicted octanol–water partition coefficient (Wildman–Crippen LogP) is 2.87. The number of fused-ring (bicyclic) bond motifs is 1. The van der Waals surface area contributed by atoms with Gasteiger partial charge in [-0.1, -0.05) is 23.8 Å². The number of rotatable bonds is 2. The molecule has 120 valence electrons. The fraction of sp³-hybridized carbons (Fsp3) is 0.444. The highest BCUT2D eigenvalue weighted by Gasteiger charge is 2.46. The molecule has 2 amide bonds. The average molecular weight is 331 g/mol. The Morgan fingerprint density at radius 3 is 2.17 bits per heavy atom. The second-order valence-electron chi connectivity index (χ2n) is 6.68. The van der Waals surface area contributed by atoms with Crippen LogP contribution in [0.5, 0.6) is 0 Å². The Balaban J connectivity index is 1.53. The standard InChI is InChI=1S/C18H19ClN2O2/c19-14-5-7-15(8-6-14)21-17(22)9-16(18(21)23)20-10-12-3-1-2-4-13(12)11-20/h1-2,5-8,12-13,16H,3-4,9-11H2. The van der Waals surface area contributed by atoms with Crippen molar-refractivity contribution < 1.29 is 9.59 Å². The maximum atomic E-state index is 12.8. The number of anilines is 1. The molecule has 0 bridgehead atoms. The van der Waals surface area contributed by atoms with Gasteiger partial charge < -0.3 is 0 Å². The number of nitrogens with zero attached hydrogens (tertiary/aromatic N) is 2. The molecule has 5 heteroatoms. The van der Waals surface area contributed by atoms with Crippen molar-refractivity contribution in [2.75, 3.05) is 18.0 Å². The molecule has 3 unspecified atom stereocenters. The normalized spacial score (nSPS) is 31.0. The number of allylic oxidation sites excluding steroid dienone is 2. The number of carbonyl (C=O) groups excluding carboxylic acids is 2. The first-order valence-electron chi connectivity index (χ1n) is 8.15. The van der Waals surface area contributed by atoms with E-state index in [4.69, 9.17) is 11.6 Å². The molecule has 0 spiro atoms. The summed E-state index contributed by atoms with van der Waals surface area (Å²) < 4.78 is 0. The van der Waals surface area contributed by atoms with E-state index in [1.165, 1.54) is 4.90 Å². The molecule has 2 saturated heterocycles. The van der Waals surface area contributed by atoms with Gasteiger partial charge in [-0.2, -0.15) is 0 Å². The molecule has 3 atom stereocenters. The minimum absolute atomic E-state index is 0.0936. The molecule has 2 heterocycles. The number of likely N-dealkylation sites (tertiary alicyclic amines) is 1. The summed E-state index contributed by atoms with van der Waals surface area (Å²) >= 11 is 5.89. The lowest BCUT2D eigenvalue weighted by Gasteiger charge is -2.22. The Bertz CT molecular complexity index is 654. The van der Waals surface area contributed by atoms with Gasteiger partial charge in [-0.15, -0.1) is 0 Å². The van der Waals surface area contributed by atoms with Crippen LogP contribution in [0.3, 0.4) is 0 Å². The van der Waals surface area contributed by atoms with E-state index in [1.807, 2.05) is 0 Å². The van der Waals surface area contributed by atoms with Crippen LogP contribution in [0.15, 0.2) is 36.4 Å². The number of hydrogen-bond acceptors (Lipinski definition) is 3. The molecule has 1 aliphatic carbocycles. The summed E-state index contributed by atoms with van der Waals surface area (Å²) in [6.45, 7) is 1.85. The Kier molecular flexibility index (Phi) is 3.74. The zero-order valence-corrected chi connectivity index (χ0v) is 13.6. The van der Waals surface area contributed by atoms with E-state index in [9.17, 15) is 9.59 Å². The molecule has 4 rings (SSSR count). The number of halogens is 1. The molecule has 2 aliphatic heterocycles. The summed E-state index contributed by atoms with van der Waals surface area (Å²) in [6.07, 6.45) is 6.96. The highest BCUT2D eigenvalue weighted by atomic mass is 35.5. The molecule has 23 heavy (non-hydrogen) atoms. The highest BCUT2D eigenvalue weighted by molar-refractivity contribution is 6.30. The fourth-order valence-electron chi connectivity index (χ4n) is 4.07. The van der Waals surface area contributed by atoms with Crippen molar-refractivity contribution in [2.24, 2.45) is 11.8 Å².